The standard InChI is InChI=1S/C19H17N3O5/c1-19(2)26-17(24)15(18(25)27-19)11-21-13-6-3-5-12(9-13)16(23)22-14-7-4-8-20-10-14/h3-11,21H,1-2H3,(H,22,23). The molecule has 0 radical (unpaired) electrons. The number of benzene rings is 1. The van der Waals surface area contributed by atoms with Crippen LogP contribution in [-0.4, -0.2) is 28.6 Å². The molecule has 1 aromatic carbocycles. The molecule has 1 amide bonds. The maximum Gasteiger partial charge on any atom is 0.350 e. The highest BCUT2D eigenvalue weighted by Crippen LogP contribution is 2.23. The van der Waals surface area contributed by atoms with Gasteiger partial charge >= 0.3 is 11.9 Å². The SMILES string of the molecule is CC1(C)OC(=O)C(=CNc2cccc(C(=O)Nc3cccnc3)c2)C(=O)O1. The van der Waals surface area contributed by atoms with Crippen molar-refractivity contribution < 1.29 is 23.9 Å². The lowest BCUT2D eigenvalue weighted by atomic mass is 10.1. The number of esters is 2. The molecule has 0 spiro atoms. The highest BCUT2D eigenvalue weighted by atomic mass is 16.7. The Morgan fingerprint density at radius 1 is 1.07 bits per heavy atom. The monoisotopic (exact) mass is 367 g/mol. The number of nitrogens with zero attached hydrogens (tertiary/aromatic N) is 1. The fourth-order valence-electron chi connectivity index (χ4n) is 2.32. The molecule has 0 bridgehead atoms. The van der Waals surface area contributed by atoms with Crippen LogP contribution in [0.15, 0.2) is 60.6 Å². The van der Waals surface area contributed by atoms with E-state index in [1.807, 2.05) is 0 Å². The molecule has 8 nitrogen and oxygen atoms in total. The summed E-state index contributed by atoms with van der Waals surface area (Å²) in [6.45, 7) is 2.94. The molecule has 0 saturated carbocycles. The third kappa shape index (κ3) is 4.49. The first kappa shape index (κ1) is 18.1. The summed E-state index contributed by atoms with van der Waals surface area (Å²) < 4.78 is 10.0. The Labute approximate surface area is 155 Å². The van der Waals surface area contributed by atoms with Gasteiger partial charge in [-0.3, -0.25) is 9.78 Å². The molecule has 1 aliphatic rings. The molecule has 0 unspecified atom stereocenters. The van der Waals surface area contributed by atoms with Gasteiger partial charge < -0.3 is 20.1 Å². The zero-order chi connectivity index (χ0) is 19.4. The fourth-order valence-corrected chi connectivity index (χ4v) is 2.32. The van der Waals surface area contributed by atoms with Crippen molar-refractivity contribution in [2.24, 2.45) is 0 Å². The lowest BCUT2D eigenvalue weighted by molar-refractivity contribution is -0.222. The Balaban J connectivity index is 1.72. The van der Waals surface area contributed by atoms with E-state index in [0.717, 1.165) is 0 Å². The minimum absolute atomic E-state index is 0.264. The van der Waals surface area contributed by atoms with E-state index >= 15 is 0 Å². The second-order valence-electron chi connectivity index (χ2n) is 6.16. The van der Waals surface area contributed by atoms with Crippen LogP contribution < -0.4 is 10.6 Å². The van der Waals surface area contributed by atoms with Gasteiger partial charge in [-0.15, -0.1) is 0 Å². The molecule has 0 atom stereocenters. The molecular formula is C19H17N3O5. The van der Waals surface area contributed by atoms with Gasteiger partial charge in [-0.05, 0) is 30.3 Å². The molecule has 138 valence electrons. The number of hydrogen-bond donors (Lipinski definition) is 2. The third-order valence-electron chi connectivity index (χ3n) is 3.54. The molecule has 1 fully saturated rings. The van der Waals surface area contributed by atoms with E-state index in [1.54, 1.807) is 42.6 Å². The van der Waals surface area contributed by atoms with Gasteiger partial charge in [0, 0.05) is 37.5 Å². The van der Waals surface area contributed by atoms with E-state index in [1.165, 1.54) is 26.2 Å². The Kier molecular flexibility index (Phi) is 4.89. The number of anilines is 2. The molecular weight excluding hydrogens is 350 g/mol. The summed E-state index contributed by atoms with van der Waals surface area (Å²) in [4.78, 5) is 40.1. The van der Waals surface area contributed by atoms with Crippen LogP contribution in [0.3, 0.4) is 0 Å². The summed E-state index contributed by atoms with van der Waals surface area (Å²) in [7, 11) is 0. The van der Waals surface area contributed by atoms with Gasteiger partial charge in [-0.2, -0.15) is 0 Å². The number of ether oxygens (including phenoxy) is 2. The predicted molar refractivity (Wildman–Crippen MR) is 96.6 cm³/mol. The Morgan fingerprint density at radius 3 is 2.44 bits per heavy atom. The summed E-state index contributed by atoms with van der Waals surface area (Å²) in [6.07, 6.45) is 4.33. The molecule has 8 heteroatoms. The van der Waals surface area contributed by atoms with Crippen molar-refractivity contribution >= 4 is 29.2 Å². The zero-order valence-electron chi connectivity index (χ0n) is 14.7. The van der Waals surface area contributed by atoms with Gasteiger partial charge in [0.05, 0.1) is 11.9 Å². The van der Waals surface area contributed by atoms with Gasteiger partial charge in [-0.1, -0.05) is 6.07 Å². The second kappa shape index (κ2) is 7.28. The highest BCUT2D eigenvalue weighted by molar-refractivity contribution is 6.15. The number of aromatic nitrogens is 1. The highest BCUT2D eigenvalue weighted by Gasteiger charge is 2.38. The van der Waals surface area contributed by atoms with Crippen LogP contribution in [-0.2, 0) is 19.1 Å². The van der Waals surface area contributed by atoms with E-state index in [0.29, 0.717) is 16.9 Å². The predicted octanol–water partition coefficient (Wildman–Crippen LogP) is 2.47. The Morgan fingerprint density at radius 2 is 1.78 bits per heavy atom. The van der Waals surface area contributed by atoms with Gasteiger partial charge in [0.2, 0.25) is 0 Å². The van der Waals surface area contributed by atoms with Crippen molar-refractivity contribution in [2.75, 3.05) is 10.6 Å². The number of amides is 1. The summed E-state index contributed by atoms with van der Waals surface area (Å²) >= 11 is 0. The smallest absolute Gasteiger partial charge is 0.350 e. The molecule has 0 aliphatic carbocycles. The Bertz CT molecular complexity index is 900. The summed E-state index contributed by atoms with van der Waals surface area (Å²) in [5.41, 5.74) is 1.20. The maximum absolute atomic E-state index is 12.3. The summed E-state index contributed by atoms with van der Waals surface area (Å²) in [5, 5.41) is 5.53. The van der Waals surface area contributed by atoms with E-state index in [4.69, 9.17) is 9.47 Å². The fraction of sp³-hybridized carbons (Fsp3) is 0.158. The van der Waals surface area contributed by atoms with E-state index in [2.05, 4.69) is 15.6 Å². The van der Waals surface area contributed by atoms with Crippen LogP contribution in [0, 0.1) is 0 Å². The summed E-state index contributed by atoms with van der Waals surface area (Å²) in [6, 6.07) is 9.99. The van der Waals surface area contributed by atoms with Crippen molar-refractivity contribution in [1.82, 2.24) is 4.98 Å². The largest absolute Gasteiger partial charge is 0.419 e. The topological polar surface area (TPSA) is 107 Å². The molecule has 1 saturated heterocycles. The van der Waals surface area contributed by atoms with Gasteiger partial charge in [-0.25, -0.2) is 9.59 Å². The normalized spacial score (nSPS) is 15.4. The zero-order valence-corrected chi connectivity index (χ0v) is 14.7. The van der Waals surface area contributed by atoms with Crippen molar-refractivity contribution in [1.29, 1.82) is 0 Å². The van der Waals surface area contributed by atoms with Crippen molar-refractivity contribution in [3.05, 3.63) is 66.1 Å². The molecule has 1 aliphatic heterocycles. The number of rotatable bonds is 4. The maximum atomic E-state index is 12.3. The van der Waals surface area contributed by atoms with Gasteiger partial charge in [0.1, 0.15) is 0 Å². The van der Waals surface area contributed by atoms with E-state index in [-0.39, 0.29) is 11.5 Å². The number of pyridine rings is 1. The van der Waals surface area contributed by atoms with Crippen LogP contribution in [0.2, 0.25) is 0 Å². The molecule has 3 rings (SSSR count). The average Bonchev–Trinajstić information content (AvgIpc) is 2.61. The van der Waals surface area contributed by atoms with Crippen molar-refractivity contribution in [3.8, 4) is 0 Å². The van der Waals surface area contributed by atoms with Crippen LogP contribution in [0.25, 0.3) is 0 Å². The van der Waals surface area contributed by atoms with Crippen LogP contribution in [0.4, 0.5) is 11.4 Å². The first-order valence-electron chi connectivity index (χ1n) is 8.09. The van der Waals surface area contributed by atoms with E-state index < -0.39 is 17.7 Å². The van der Waals surface area contributed by atoms with Gasteiger partial charge in [0.15, 0.2) is 5.57 Å². The van der Waals surface area contributed by atoms with Crippen molar-refractivity contribution in [3.63, 3.8) is 0 Å². The molecule has 27 heavy (non-hydrogen) atoms. The number of hydrogen-bond acceptors (Lipinski definition) is 7. The number of nitrogens with one attached hydrogen (secondary N) is 2. The minimum Gasteiger partial charge on any atom is -0.419 e. The number of carbonyl (C=O) groups is 3. The second-order valence-corrected chi connectivity index (χ2v) is 6.16. The summed E-state index contributed by atoms with van der Waals surface area (Å²) in [5.74, 6) is -3.18. The van der Waals surface area contributed by atoms with Gasteiger partial charge in [0.25, 0.3) is 11.7 Å². The molecule has 1 aromatic heterocycles. The van der Waals surface area contributed by atoms with Crippen LogP contribution >= 0.6 is 0 Å². The third-order valence-corrected chi connectivity index (χ3v) is 3.54. The first-order chi connectivity index (χ1) is 12.8. The lowest BCUT2D eigenvalue weighted by Crippen LogP contribution is -2.42. The van der Waals surface area contributed by atoms with E-state index in [9.17, 15) is 14.4 Å². The van der Waals surface area contributed by atoms with Crippen molar-refractivity contribution in [2.45, 2.75) is 19.6 Å². The number of cyclic esters (lactones) is 2. The first-order valence-corrected chi connectivity index (χ1v) is 8.09. The molecule has 2 heterocycles. The number of carbonyl (C=O) groups excluding carboxylic acids is 3. The lowest BCUT2D eigenvalue weighted by Gasteiger charge is -2.29. The Hall–Kier alpha value is -3.68. The molecule has 2 aromatic rings. The molecule has 2 N–H and O–H groups in total. The quantitative estimate of drug-likeness (QED) is 0.486. The van der Waals surface area contributed by atoms with Crippen LogP contribution in [0.1, 0.15) is 24.2 Å². The average molecular weight is 367 g/mol. The minimum atomic E-state index is -1.30. The van der Waals surface area contributed by atoms with Crippen LogP contribution in [0.5, 0.6) is 0 Å².